The average Bonchev–Trinajstić information content (AvgIpc) is 3.24. The van der Waals surface area contributed by atoms with E-state index in [-0.39, 0.29) is 6.10 Å². The summed E-state index contributed by atoms with van der Waals surface area (Å²) in [6, 6.07) is 7.98. The van der Waals surface area contributed by atoms with E-state index in [0.717, 1.165) is 60.5 Å². The van der Waals surface area contributed by atoms with Gasteiger partial charge in [0.25, 0.3) is 0 Å². The molecule has 0 bridgehead atoms. The van der Waals surface area contributed by atoms with E-state index in [1.54, 1.807) is 18.9 Å². The Balaban J connectivity index is 1.88. The van der Waals surface area contributed by atoms with Gasteiger partial charge in [0.15, 0.2) is 11.0 Å². The molecule has 0 saturated carbocycles. The van der Waals surface area contributed by atoms with Gasteiger partial charge in [-0.25, -0.2) is 0 Å². The van der Waals surface area contributed by atoms with Crippen LogP contribution in [0.2, 0.25) is 0 Å². The van der Waals surface area contributed by atoms with Crippen molar-refractivity contribution in [1.29, 1.82) is 0 Å². The number of nitrogens with zero attached hydrogens (tertiary/aromatic N) is 3. The molecule has 124 valence electrons. The van der Waals surface area contributed by atoms with E-state index in [4.69, 9.17) is 9.47 Å². The smallest absolute Gasteiger partial charge is 0.191 e. The van der Waals surface area contributed by atoms with Crippen molar-refractivity contribution >= 4 is 11.8 Å². The third kappa shape index (κ3) is 3.87. The second-order valence-corrected chi connectivity index (χ2v) is 6.69. The number of methoxy groups -OCH3 is 1. The quantitative estimate of drug-likeness (QED) is 0.724. The summed E-state index contributed by atoms with van der Waals surface area (Å²) in [5, 5.41) is 9.82. The molecule has 2 heterocycles. The van der Waals surface area contributed by atoms with Crippen LogP contribution in [-0.4, -0.2) is 40.3 Å². The van der Waals surface area contributed by atoms with E-state index in [2.05, 4.69) is 21.7 Å². The predicted octanol–water partition coefficient (Wildman–Crippen LogP) is 3.63. The minimum atomic E-state index is 0.268. The van der Waals surface area contributed by atoms with E-state index < -0.39 is 0 Å². The van der Waals surface area contributed by atoms with Crippen LogP contribution < -0.4 is 4.74 Å². The summed E-state index contributed by atoms with van der Waals surface area (Å²) in [6.45, 7) is 3.86. The Morgan fingerprint density at radius 3 is 2.78 bits per heavy atom. The van der Waals surface area contributed by atoms with Crippen LogP contribution in [0, 0.1) is 0 Å². The second-order valence-electron chi connectivity index (χ2n) is 5.63. The van der Waals surface area contributed by atoms with Crippen molar-refractivity contribution in [2.24, 2.45) is 0 Å². The van der Waals surface area contributed by atoms with Crippen LogP contribution in [0.15, 0.2) is 29.4 Å². The van der Waals surface area contributed by atoms with Crippen LogP contribution in [0.25, 0.3) is 11.4 Å². The topological polar surface area (TPSA) is 49.2 Å². The lowest BCUT2D eigenvalue weighted by Crippen LogP contribution is -2.16. The third-order valence-electron chi connectivity index (χ3n) is 3.91. The molecule has 5 nitrogen and oxygen atoms in total. The van der Waals surface area contributed by atoms with Gasteiger partial charge in [0, 0.05) is 17.9 Å². The number of benzene rings is 1. The normalized spacial score (nSPS) is 17.6. The lowest BCUT2D eigenvalue weighted by Gasteiger charge is -2.14. The van der Waals surface area contributed by atoms with Crippen LogP contribution in [0.4, 0.5) is 0 Å². The molecule has 0 radical (unpaired) electrons. The van der Waals surface area contributed by atoms with Crippen LogP contribution in [0.5, 0.6) is 5.75 Å². The zero-order chi connectivity index (χ0) is 16.1. The van der Waals surface area contributed by atoms with Crippen LogP contribution in [0.1, 0.15) is 26.2 Å². The van der Waals surface area contributed by atoms with Crippen molar-refractivity contribution in [2.45, 2.75) is 44.0 Å². The molecule has 0 amide bonds. The average molecular weight is 333 g/mol. The van der Waals surface area contributed by atoms with Crippen molar-refractivity contribution < 1.29 is 9.47 Å². The molecule has 1 aromatic carbocycles. The lowest BCUT2D eigenvalue weighted by molar-refractivity contribution is 0.0953. The van der Waals surface area contributed by atoms with Crippen LogP contribution in [-0.2, 0) is 11.3 Å². The van der Waals surface area contributed by atoms with Crippen molar-refractivity contribution in [2.75, 3.05) is 19.5 Å². The largest absolute Gasteiger partial charge is 0.497 e. The molecule has 1 aliphatic rings. The minimum absolute atomic E-state index is 0.268. The van der Waals surface area contributed by atoms with Crippen molar-refractivity contribution in [3.8, 4) is 17.1 Å². The van der Waals surface area contributed by atoms with Gasteiger partial charge in [0.2, 0.25) is 0 Å². The molecular formula is C17H23N3O2S. The van der Waals surface area contributed by atoms with Crippen molar-refractivity contribution in [1.82, 2.24) is 14.8 Å². The molecule has 23 heavy (non-hydrogen) atoms. The number of hydrogen-bond acceptors (Lipinski definition) is 5. The molecule has 1 aliphatic heterocycles. The third-order valence-corrected chi connectivity index (χ3v) is 5.08. The molecule has 0 N–H and O–H groups in total. The highest BCUT2D eigenvalue weighted by Gasteiger charge is 2.21. The molecule has 2 aromatic rings. The molecule has 0 spiro atoms. The van der Waals surface area contributed by atoms with Crippen molar-refractivity contribution in [3.63, 3.8) is 0 Å². The van der Waals surface area contributed by atoms with Gasteiger partial charge < -0.3 is 9.47 Å². The summed E-state index contributed by atoms with van der Waals surface area (Å²) in [5.74, 6) is 2.80. The Morgan fingerprint density at radius 1 is 1.30 bits per heavy atom. The maximum Gasteiger partial charge on any atom is 0.191 e. The van der Waals surface area contributed by atoms with E-state index in [1.807, 2.05) is 24.3 Å². The fourth-order valence-corrected chi connectivity index (χ4v) is 3.50. The first-order valence-electron chi connectivity index (χ1n) is 8.14. The number of aromatic nitrogens is 3. The Morgan fingerprint density at radius 2 is 2.13 bits per heavy atom. The Hall–Kier alpha value is -1.53. The lowest BCUT2D eigenvalue weighted by atomic mass is 10.2. The van der Waals surface area contributed by atoms with Gasteiger partial charge in [-0.05, 0) is 43.5 Å². The van der Waals surface area contributed by atoms with Gasteiger partial charge in [0.05, 0.1) is 19.8 Å². The van der Waals surface area contributed by atoms with Gasteiger partial charge in [-0.2, -0.15) is 0 Å². The number of hydrogen-bond donors (Lipinski definition) is 0. The Kier molecular flexibility index (Phi) is 5.56. The van der Waals surface area contributed by atoms with Gasteiger partial charge in [-0.3, -0.25) is 4.57 Å². The summed E-state index contributed by atoms with van der Waals surface area (Å²) in [7, 11) is 1.68. The molecule has 1 atom stereocenters. The van der Waals surface area contributed by atoms with E-state index >= 15 is 0 Å². The Bertz CT molecular complexity index is 621. The maximum atomic E-state index is 5.81. The Labute approximate surface area is 141 Å². The highest BCUT2D eigenvalue weighted by Crippen LogP contribution is 2.27. The van der Waals surface area contributed by atoms with E-state index in [0.29, 0.717) is 0 Å². The summed E-state index contributed by atoms with van der Waals surface area (Å²) < 4.78 is 13.2. The summed E-state index contributed by atoms with van der Waals surface area (Å²) >= 11 is 1.76. The van der Waals surface area contributed by atoms with E-state index in [9.17, 15) is 0 Å². The molecular weight excluding hydrogens is 310 g/mol. The SMILES string of the molecule is CCCSc1nnc(-c2ccc(OC)cc2)n1CC1CCCO1. The second kappa shape index (κ2) is 7.84. The summed E-state index contributed by atoms with van der Waals surface area (Å²) in [4.78, 5) is 0. The van der Waals surface area contributed by atoms with Gasteiger partial charge >= 0.3 is 0 Å². The first-order chi connectivity index (χ1) is 11.3. The number of thioether (sulfide) groups is 1. The monoisotopic (exact) mass is 333 g/mol. The maximum absolute atomic E-state index is 5.81. The van der Waals surface area contributed by atoms with Crippen LogP contribution in [0.3, 0.4) is 0 Å². The fourth-order valence-electron chi connectivity index (χ4n) is 2.70. The predicted molar refractivity (Wildman–Crippen MR) is 92.0 cm³/mol. The first-order valence-corrected chi connectivity index (χ1v) is 9.12. The van der Waals surface area contributed by atoms with Crippen molar-refractivity contribution in [3.05, 3.63) is 24.3 Å². The zero-order valence-corrected chi connectivity index (χ0v) is 14.5. The molecule has 1 saturated heterocycles. The number of rotatable bonds is 7. The van der Waals surface area contributed by atoms with Gasteiger partial charge in [-0.15, -0.1) is 10.2 Å². The van der Waals surface area contributed by atoms with Gasteiger partial charge in [0.1, 0.15) is 5.75 Å². The molecule has 3 rings (SSSR count). The molecule has 1 unspecified atom stereocenters. The highest BCUT2D eigenvalue weighted by atomic mass is 32.2. The first kappa shape index (κ1) is 16.3. The standard InChI is InChI=1S/C17H23N3O2S/c1-3-11-23-17-19-18-16(13-6-8-14(21-2)9-7-13)20(17)12-15-5-4-10-22-15/h6-9,15H,3-5,10-12H2,1-2H3. The zero-order valence-electron chi connectivity index (χ0n) is 13.7. The number of ether oxygens (including phenoxy) is 2. The molecule has 6 heteroatoms. The molecule has 1 fully saturated rings. The summed E-state index contributed by atoms with van der Waals surface area (Å²) in [6.07, 6.45) is 3.64. The highest BCUT2D eigenvalue weighted by molar-refractivity contribution is 7.99. The van der Waals surface area contributed by atoms with Gasteiger partial charge in [-0.1, -0.05) is 18.7 Å². The van der Waals surface area contributed by atoms with Crippen LogP contribution >= 0.6 is 11.8 Å². The van der Waals surface area contributed by atoms with E-state index in [1.165, 1.54) is 0 Å². The minimum Gasteiger partial charge on any atom is -0.497 e. The molecule has 1 aromatic heterocycles. The fraction of sp³-hybridized carbons (Fsp3) is 0.529. The summed E-state index contributed by atoms with van der Waals surface area (Å²) in [5.41, 5.74) is 1.06. The molecule has 0 aliphatic carbocycles.